The molecule has 6 nitrogen and oxygen atoms in total. The van der Waals surface area contributed by atoms with Crippen LogP contribution in [0.1, 0.15) is 61.7 Å². The number of hydrogen-bond acceptors (Lipinski definition) is 5. The second kappa shape index (κ2) is 8.21. The number of aromatic nitrogens is 4. The molecule has 1 unspecified atom stereocenters. The molecule has 0 aliphatic rings. The molecule has 30 heavy (non-hydrogen) atoms. The lowest BCUT2D eigenvalue weighted by Gasteiger charge is -2.36. The molecule has 2 aromatic heterocycles. The van der Waals surface area contributed by atoms with Crippen LogP contribution in [0.2, 0.25) is 18.1 Å². The van der Waals surface area contributed by atoms with Gasteiger partial charge >= 0.3 is 0 Å². The normalized spacial score (nSPS) is 13.8. The van der Waals surface area contributed by atoms with Crippen molar-refractivity contribution in [2.45, 2.75) is 78.9 Å². The Morgan fingerprint density at radius 3 is 2.53 bits per heavy atom. The maximum atomic E-state index is 11.1. The molecule has 1 aromatic carbocycles. The first-order chi connectivity index (χ1) is 14.0. The molecule has 0 fully saturated rings. The second-order valence-electron chi connectivity index (χ2n) is 9.54. The zero-order chi connectivity index (χ0) is 22.3. The van der Waals surface area contributed by atoms with Crippen molar-refractivity contribution in [2.24, 2.45) is 0 Å². The molecule has 1 N–H and O–H groups in total. The van der Waals surface area contributed by atoms with E-state index in [0.717, 1.165) is 39.8 Å². The number of pyridine rings is 1. The standard InChI is InChI=1S/C23H34N4O2Si/c1-9-27-20-11-10-18(16(3)21(20)25-26-27)22(28)19-12-17(15(2)13-24-19)14-29-30(7,8)23(4,5)6/h10-13,22,28H,9,14H2,1-8H3. The van der Waals surface area contributed by atoms with E-state index in [9.17, 15) is 5.11 Å². The predicted molar refractivity (Wildman–Crippen MR) is 123 cm³/mol. The number of aliphatic hydroxyl groups excluding tert-OH is 1. The van der Waals surface area contributed by atoms with E-state index in [0.29, 0.717) is 12.3 Å². The fourth-order valence-corrected chi connectivity index (χ4v) is 4.18. The van der Waals surface area contributed by atoms with Crippen molar-refractivity contribution in [3.63, 3.8) is 0 Å². The first-order valence-electron chi connectivity index (χ1n) is 10.6. The van der Waals surface area contributed by atoms with Gasteiger partial charge in [0.15, 0.2) is 8.32 Å². The van der Waals surface area contributed by atoms with E-state index >= 15 is 0 Å². The van der Waals surface area contributed by atoms with Crippen LogP contribution in [0.25, 0.3) is 11.0 Å². The number of aliphatic hydroxyl groups is 1. The van der Waals surface area contributed by atoms with Gasteiger partial charge in [-0.05, 0) is 73.3 Å². The summed E-state index contributed by atoms with van der Waals surface area (Å²) in [5, 5.41) is 19.8. The number of fused-ring (bicyclic) bond motifs is 1. The van der Waals surface area contributed by atoms with Crippen LogP contribution in [0, 0.1) is 13.8 Å². The molecule has 1 atom stereocenters. The molecule has 0 bridgehead atoms. The molecule has 0 spiro atoms. The molecule has 3 aromatic rings. The third kappa shape index (κ3) is 4.19. The first kappa shape index (κ1) is 22.6. The summed E-state index contributed by atoms with van der Waals surface area (Å²) in [6, 6.07) is 5.89. The van der Waals surface area contributed by atoms with E-state index < -0.39 is 14.4 Å². The first-order valence-corrected chi connectivity index (χ1v) is 13.5. The third-order valence-electron chi connectivity index (χ3n) is 6.49. The van der Waals surface area contributed by atoms with E-state index in [-0.39, 0.29) is 5.04 Å². The average molecular weight is 427 g/mol. The third-order valence-corrected chi connectivity index (χ3v) is 11.0. The minimum atomic E-state index is -1.86. The van der Waals surface area contributed by atoms with Crippen molar-refractivity contribution in [2.75, 3.05) is 0 Å². The van der Waals surface area contributed by atoms with E-state index in [2.05, 4.69) is 49.2 Å². The van der Waals surface area contributed by atoms with Crippen molar-refractivity contribution >= 4 is 19.4 Å². The maximum absolute atomic E-state index is 11.1. The fraction of sp³-hybridized carbons (Fsp3) is 0.522. The van der Waals surface area contributed by atoms with Crippen LogP contribution in [-0.2, 0) is 17.6 Å². The smallest absolute Gasteiger partial charge is 0.192 e. The Bertz CT molecular complexity index is 1050. The number of nitrogens with zero attached hydrogens (tertiary/aromatic N) is 4. The Balaban J connectivity index is 1.90. The number of rotatable bonds is 6. The van der Waals surface area contributed by atoms with E-state index in [1.54, 1.807) is 0 Å². The summed E-state index contributed by atoms with van der Waals surface area (Å²) in [6.45, 7) is 18.6. The summed E-state index contributed by atoms with van der Waals surface area (Å²) in [5.41, 5.74) is 6.30. The van der Waals surface area contributed by atoms with Gasteiger partial charge in [0.2, 0.25) is 0 Å². The van der Waals surface area contributed by atoms with Crippen molar-refractivity contribution < 1.29 is 9.53 Å². The lowest BCUT2D eigenvalue weighted by molar-refractivity contribution is 0.214. The molecule has 162 valence electrons. The molecule has 0 saturated carbocycles. The predicted octanol–water partition coefficient (Wildman–Crippen LogP) is 5.07. The van der Waals surface area contributed by atoms with Crippen LogP contribution in [0.4, 0.5) is 0 Å². The van der Waals surface area contributed by atoms with Crippen molar-refractivity contribution in [1.29, 1.82) is 0 Å². The summed E-state index contributed by atoms with van der Waals surface area (Å²) < 4.78 is 8.27. The molecule has 2 heterocycles. The highest BCUT2D eigenvalue weighted by molar-refractivity contribution is 6.74. The van der Waals surface area contributed by atoms with Gasteiger partial charge in [0.05, 0.1) is 17.8 Å². The Morgan fingerprint density at radius 1 is 1.20 bits per heavy atom. The van der Waals surface area contributed by atoms with Gasteiger partial charge in [-0.25, -0.2) is 4.68 Å². The molecule has 0 saturated heterocycles. The van der Waals surface area contributed by atoms with Gasteiger partial charge in [-0.1, -0.05) is 32.1 Å². The summed E-state index contributed by atoms with van der Waals surface area (Å²) >= 11 is 0. The molecule has 0 aliphatic carbocycles. The van der Waals surface area contributed by atoms with E-state index in [4.69, 9.17) is 4.43 Å². The van der Waals surface area contributed by atoms with Crippen LogP contribution < -0.4 is 0 Å². The molecule has 7 heteroatoms. The highest BCUT2D eigenvalue weighted by atomic mass is 28.4. The monoisotopic (exact) mass is 426 g/mol. The molecule has 0 aliphatic heterocycles. The largest absolute Gasteiger partial charge is 0.413 e. The second-order valence-corrected chi connectivity index (χ2v) is 14.3. The maximum Gasteiger partial charge on any atom is 0.192 e. The van der Waals surface area contributed by atoms with Gasteiger partial charge in [-0.3, -0.25) is 4.98 Å². The highest BCUT2D eigenvalue weighted by Gasteiger charge is 2.37. The summed E-state index contributed by atoms with van der Waals surface area (Å²) in [7, 11) is -1.86. The Hall–Kier alpha value is -2.09. The van der Waals surface area contributed by atoms with Crippen LogP contribution in [-0.4, -0.2) is 33.4 Å². The minimum Gasteiger partial charge on any atom is -0.413 e. The van der Waals surface area contributed by atoms with Crippen LogP contribution in [0.3, 0.4) is 0 Å². The van der Waals surface area contributed by atoms with Gasteiger partial charge < -0.3 is 9.53 Å². The minimum absolute atomic E-state index is 0.152. The van der Waals surface area contributed by atoms with Crippen molar-refractivity contribution in [1.82, 2.24) is 20.0 Å². The van der Waals surface area contributed by atoms with Gasteiger partial charge in [0.25, 0.3) is 0 Å². The zero-order valence-electron chi connectivity index (χ0n) is 19.4. The van der Waals surface area contributed by atoms with Gasteiger partial charge in [0, 0.05) is 12.7 Å². The van der Waals surface area contributed by atoms with E-state index in [1.165, 1.54) is 0 Å². The fourth-order valence-electron chi connectivity index (χ4n) is 3.24. The van der Waals surface area contributed by atoms with E-state index in [1.807, 2.05) is 49.8 Å². The average Bonchev–Trinajstić information content (AvgIpc) is 3.10. The molecular formula is C23H34N4O2Si. The summed E-state index contributed by atoms with van der Waals surface area (Å²) in [5.74, 6) is 0. The number of aryl methyl sites for hydroxylation is 3. The van der Waals surface area contributed by atoms with Crippen LogP contribution >= 0.6 is 0 Å². The topological polar surface area (TPSA) is 73.1 Å². The lowest BCUT2D eigenvalue weighted by Crippen LogP contribution is -2.40. The summed E-state index contributed by atoms with van der Waals surface area (Å²) in [4.78, 5) is 4.52. The quantitative estimate of drug-likeness (QED) is 0.557. The van der Waals surface area contributed by atoms with Crippen molar-refractivity contribution in [3.8, 4) is 0 Å². The molecule has 0 amide bonds. The van der Waals surface area contributed by atoms with Gasteiger partial charge in [-0.2, -0.15) is 0 Å². The van der Waals surface area contributed by atoms with Crippen molar-refractivity contribution in [3.05, 3.63) is 52.3 Å². The molecule has 0 radical (unpaired) electrons. The molecular weight excluding hydrogens is 392 g/mol. The SMILES string of the molecule is CCn1nnc2c(C)c(C(O)c3cc(CO[Si](C)(C)C(C)(C)C)c(C)cn3)ccc21. The molecule has 3 rings (SSSR count). The number of hydrogen-bond donors (Lipinski definition) is 1. The zero-order valence-corrected chi connectivity index (χ0v) is 20.4. The van der Waals surface area contributed by atoms with Gasteiger partial charge in [0.1, 0.15) is 11.6 Å². The Labute approximate surface area is 180 Å². The highest BCUT2D eigenvalue weighted by Crippen LogP contribution is 2.37. The lowest BCUT2D eigenvalue weighted by atomic mass is 9.98. The van der Waals surface area contributed by atoms with Gasteiger partial charge in [-0.15, -0.1) is 5.10 Å². The number of benzene rings is 1. The summed E-state index contributed by atoms with van der Waals surface area (Å²) in [6.07, 6.45) is 0.998. The Kier molecular flexibility index (Phi) is 6.18. The Morgan fingerprint density at radius 2 is 1.90 bits per heavy atom. The van der Waals surface area contributed by atoms with Crippen LogP contribution in [0.5, 0.6) is 0 Å². The van der Waals surface area contributed by atoms with Crippen LogP contribution in [0.15, 0.2) is 24.4 Å².